The molecule has 0 aliphatic carbocycles. The number of aryl methyl sites for hydroxylation is 2. The quantitative estimate of drug-likeness (QED) is 0.0847. The topological polar surface area (TPSA) is 6.48 Å². The molecular formula is C48H50Br2N2. The van der Waals surface area contributed by atoms with Crippen LogP contribution in [0.15, 0.2) is 155 Å². The molecule has 0 fully saturated rings. The summed E-state index contributed by atoms with van der Waals surface area (Å²) >= 11 is 7.19. The van der Waals surface area contributed by atoms with E-state index in [9.17, 15) is 0 Å². The number of anilines is 6. The number of nitrogens with zero attached hydrogens (tertiary/aromatic N) is 2. The van der Waals surface area contributed by atoms with Crippen LogP contribution in [0.3, 0.4) is 0 Å². The Labute approximate surface area is 328 Å². The molecule has 0 amide bonds. The first kappa shape index (κ1) is 37.6. The van der Waals surface area contributed by atoms with E-state index in [1.807, 2.05) is 0 Å². The maximum Gasteiger partial charge on any atom is 0.0462 e. The third kappa shape index (κ3) is 10.1. The minimum atomic E-state index is 1.06. The van der Waals surface area contributed by atoms with Gasteiger partial charge in [-0.05, 0) is 145 Å². The average Bonchev–Trinajstić information content (AvgIpc) is 3.18. The lowest BCUT2D eigenvalue weighted by atomic mass is 10.0. The Balaban J connectivity index is 1.25. The van der Waals surface area contributed by atoms with Crippen molar-refractivity contribution in [3.05, 3.63) is 166 Å². The Morgan fingerprint density at radius 3 is 0.885 bits per heavy atom. The smallest absolute Gasteiger partial charge is 0.0462 e. The first-order valence-electron chi connectivity index (χ1n) is 19.0. The molecule has 6 aromatic carbocycles. The second kappa shape index (κ2) is 19.1. The molecule has 0 atom stereocenters. The molecule has 0 saturated carbocycles. The first-order chi connectivity index (χ1) is 25.5. The van der Waals surface area contributed by atoms with Crippen molar-refractivity contribution < 1.29 is 0 Å². The number of hydrogen-bond acceptors (Lipinski definition) is 2. The van der Waals surface area contributed by atoms with Gasteiger partial charge < -0.3 is 9.80 Å². The molecule has 0 N–H and O–H groups in total. The third-order valence-electron chi connectivity index (χ3n) is 9.78. The van der Waals surface area contributed by atoms with Crippen molar-refractivity contribution in [3.8, 4) is 11.1 Å². The van der Waals surface area contributed by atoms with Crippen molar-refractivity contribution in [1.82, 2.24) is 0 Å². The molecule has 6 aromatic rings. The predicted molar refractivity (Wildman–Crippen MR) is 232 cm³/mol. The summed E-state index contributed by atoms with van der Waals surface area (Å²) in [4.78, 5) is 4.68. The molecule has 4 heteroatoms. The van der Waals surface area contributed by atoms with Crippen LogP contribution in [0.25, 0.3) is 11.1 Å². The van der Waals surface area contributed by atoms with Gasteiger partial charge in [-0.2, -0.15) is 0 Å². The van der Waals surface area contributed by atoms with E-state index in [1.54, 1.807) is 0 Å². The van der Waals surface area contributed by atoms with Crippen LogP contribution in [0, 0.1) is 0 Å². The van der Waals surface area contributed by atoms with Crippen molar-refractivity contribution in [2.75, 3.05) is 9.80 Å². The summed E-state index contributed by atoms with van der Waals surface area (Å²) in [6, 6.07) is 53.3. The molecule has 0 spiro atoms. The molecule has 0 bridgehead atoms. The fourth-order valence-corrected chi connectivity index (χ4v) is 7.34. The molecule has 0 aliphatic heterocycles. The van der Waals surface area contributed by atoms with Crippen LogP contribution in [0.5, 0.6) is 0 Å². The van der Waals surface area contributed by atoms with E-state index in [2.05, 4.69) is 201 Å². The van der Waals surface area contributed by atoms with Gasteiger partial charge in [0.1, 0.15) is 0 Å². The molecule has 0 saturated heterocycles. The minimum absolute atomic E-state index is 1.06. The van der Waals surface area contributed by atoms with Gasteiger partial charge in [-0.3, -0.25) is 0 Å². The van der Waals surface area contributed by atoms with Crippen LogP contribution in [0.1, 0.15) is 76.3 Å². The van der Waals surface area contributed by atoms with Crippen molar-refractivity contribution in [2.24, 2.45) is 0 Å². The van der Waals surface area contributed by atoms with E-state index in [1.165, 1.54) is 85.0 Å². The Morgan fingerprint density at radius 1 is 0.327 bits per heavy atom. The van der Waals surface area contributed by atoms with Crippen molar-refractivity contribution in [2.45, 2.75) is 78.1 Å². The van der Waals surface area contributed by atoms with Gasteiger partial charge in [0.05, 0.1) is 0 Å². The van der Waals surface area contributed by atoms with E-state index in [0.717, 1.165) is 44.5 Å². The highest BCUT2D eigenvalue weighted by Crippen LogP contribution is 2.39. The first-order valence-corrected chi connectivity index (χ1v) is 20.6. The van der Waals surface area contributed by atoms with E-state index < -0.39 is 0 Å². The Morgan fingerprint density at radius 2 is 0.596 bits per heavy atom. The molecule has 6 rings (SSSR count). The highest BCUT2D eigenvalue weighted by Gasteiger charge is 2.15. The number of unbranched alkanes of at least 4 members (excludes halogenated alkanes) is 6. The van der Waals surface area contributed by atoms with Crippen LogP contribution in [-0.4, -0.2) is 0 Å². The Hall–Kier alpha value is -4.12. The lowest BCUT2D eigenvalue weighted by Gasteiger charge is -2.26. The highest BCUT2D eigenvalue weighted by molar-refractivity contribution is 9.10. The monoisotopic (exact) mass is 812 g/mol. The summed E-state index contributed by atoms with van der Waals surface area (Å²) in [7, 11) is 0. The van der Waals surface area contributed by atoms with Crippen LogP contribution < -0.4 is 9.80 Å². The summed E-state index contributed by atoms with van der Waals surface area (Å²) in [5.74, 6) is 0. The van der Waals surface area contributed by atoms with Gasteiger partial charge in [0.15, 0.2) is 0 Å². The zero-order valence-electron chi connectivity index (χ0n) is 30.6. The number of rotatable bonds is 17. The summed E-state index contributed by atoms with van der Waals surface area (Å²) in [6.07, 6.45) is 12.6. The van der Waals surface area contributed by atoms with Gasteiger partial charge in [0.2, 0.25) is 0 Å². The molecule has 2 nitrogen and oxygen atoms in total. The van der Waals surface area contributed by atoms with Crippen molar-refractivity contribution in [3.63, 3.8) is 0 Å². The zero-order valence-corrected chi connectivity index (χ0v) is 33.7. The number of benzene rings is 6. The lowest BCUT2D eigenvalue weighted by molar-refractivity contribution is 0.667. The Bertz CT molecular complexity index is 1830. The van der Waals surface area contributed by atoms with Crippen molar-refractivity contribution >= 4 is 66.0 Å². The third-order valence-corrected chi connectivity index (χ3v) is 10.8. The normalized spacial score (nSPS) is 11.1. The molecule has 0 aliphatic rings. The molecular weight excluding hydrogens is 764 g/mol. The second-order valence-corrected chi connectivity index (χ2v) is 15.5. The minimum Gasteiger partial charge on any atom is -0.311 e. The fraction of sp³-hybridized carbons (Fsp3) is 0.250. The van der Waals surface area contributed by atoms with Gasteiger partial charge in [-0.25, -0.2) is 0 Å². The van der Waals surface area contributed by atoms with Crippen LogP contribution in [0.4, 0.5) is 34.1 Å². The van der Waals surface area contributed by atoms with Crippen molar-refractivity contribution in [1.29, 1.82) is 0 Å². The molecule has 0 unspecified atom stereocenters. The standard InChI is InChI=1S/C48H50Br2N2/c1-3-5-7-9-11-37-13-25-43(26-14-37)51(44-27-15-38(16-28-44)12-10-8-6-4-2)45-29-17-39(18-30-45)40-19-31-46(32-20-40)52(47-33-21-41(49)22-34-47)48-35-23-42(50)24-36-48/h13-36H,3-12H2,1-2H3. The number of hydrogen-bond donors (Lipinski definition) is 0. The average molecular weight is 815 g/mol. The van der Waals surface area contributed by atoms with Crippen LogP contribution in [0.2, 0.25) is 0 Å². The van der Waals surface area contributed by atoms with Crippen LogP contribution >= 0.6 is 31.9 Å². The Kier molecular flexibility index (Phi) is 13.8. The predicted octanol–water partition coefficient (Wildman–Crippen LogP) is 16.1. The second-order valence-electron chi connectivity index (χ2n) is 13.7. The van der Waals surface area contributed by atoms with E-state index in [4.69, 9.17) is 0 Å². The highest BCUT2D eigenvalue weighted by atomic mass is 79.9. The molecule has 0 radical (unpaired) electrons. The summed E-state index contributed by atoms with van der Waals surface area (Å²) in [5, 5.41) is 0. The maximum atomic E-state index is 3.59. The molecule has 266 valence electrons. The van der Waals surface area contributed by atoms with E-state index in [0.29, 0.717) is 0 Å². The van der Waals surface area contributed by atoms with Gasteiger partial charge in [0.25, 0.3) is 0 Å². The van der Waals surface area contributed by atoms with Gasteiger partial charge in [-0.1, -0.05) is 133 Å². The van der Waals surface area contributed by atoms with E-state index in [-0.39, 0.29) is 0 Å². The van der Waals surface area contributed by atoms with Gasteiger partial charge in [-0.15, -0.1) is 0 Å². The summed E-state index contributed by atoms with van der Waals surface area (Å²) < 4.78 is 2.13. The summed E-state index contributed by atoms with van der Waals surface area (Å²) in [6.45, 7) is 4.55. The largest absolute Gasteiger partial charge is 0.311 e. The maximum absolute atomic E-state index is 3.59. The van der Waals surface area contributed by atoms with Crippen LogP contribution in [-0.2, 0) is 12.8 Å². The summed E-state index contributed by atoms with van der Waals surface area (Å²) in [5.41, 5.74) is 12.1. The fourth-order valence-electron chi connectivity index (χ4n) is 6.82. The lowest BCUT2D eigenvalue weighted by Crippen LogP contribution is -2.10. The molecule has 52 heavy (non-hydrogen) atoms. The number of halogens is 2. The van der Waals surface area contributed by atoms with Gasteiger partial charge >= 0.3 is 0 Å². The molecule has 0 heterocycles. The molecule has 0 aromatic heterocycles. The van der Waals surface area contributed by atoms with Gasteiger partial charge in [0, 0.05) is 43.1 Å². The van der Waals surface area contributed by atoms with E-state index >= 15 is 0 Å². The SMILES string of the molecule is CCCCCCc1ccc(N(c2ccc(CCCCCC)cc2)c2ccc(-c3ccc(N(c4ccc(Br)cc4)c4ccc(Br)cc4)cc3)cc2)cc1. The zero-order chi connectivity index (χ0) is 36.1.